The Bertz CT molecular complexity index is 930. The van der Waals surface area contributed by atoms with Gasteiger partial charge in [-0.3, -0.25) is 19.2 Å². The number of allylic oxidation sites excluding steroid dienone is 4. The zero-order chi connectivity index (χ0) is 18.1. The van der Waals surface area contributed by atoms with Gasteiger partial charge in [0.15, 0.2) is 5.78 Å². The van der Waals surface area contributed by atoms with Gasteiger partial charge in [0.1, 0.15) is 10.6 Å². The molecular formula is C14H11BrN2O6S. The molecule has 0 bridgehead atoms. The smallest absolute Gasteiger partial charge is 0.288 e. The number of non-ortho nitro benzene ring substituents is 1. The van der Waals surface area contributed by atoms with E-state index < -0.39 is 19.9 Å². The van der Waals surface area contributed by atoms with E-state index in [1.165, 1.54) is 12.1 Å². The summed E-state index contributed by atoms with van der Waals surface area (Å²) in [5.41, 5.74) is 0.648. The quantitative estimate of drug-likeness (QED) is 0.424. The molecule has 0 saturated heterocycles. The highest BCUT2D eigenvalue weighted by atomic mass is 79.9. The number of hydrogen-bond donors (Lipinski definition) is 0. The van der Waals surface area contributed by atoms with E-state index in [-0.39, 0.29) is 21.7 Å². The molecule has 0 atom stereocenters. The average Bonchev–Trinajstić information content (AvgIpc) is 2.55. The lowest BCUT2D eigenvalue weighted by Gasteiger charge is -2.12. The molecule has 1 aliphatic rings. The van der Waals surface area contributed by atoms with Gasteiger partial charge in [0.2, 0.25) is 0 Å². The second kappa shape index (κ2) is 6.65. The van der Waals surface area contributed by atoms with Crippen LogP contribution in [0.5, 0.6) is 0 Å². The number of carbonyl (C=O) groups is 1. The Morgan fingerprint density at radius 3 is 2.54 bits per heavy atom. The first-order valence-corrected chi connectivity index (χ1v) is 8.69. The predicted molar refractivity (Wildman–Crippen MR) is 89.2 cm³/mol. The van der Waals surface area contributed by atoms with Gasteiger partial charge in [0, 0.05) is 17.7 Å². The summed E-state index contributed by atoms with van der Waals surface area (Å²) in [4.78, 5) is 21.4. The summed E-state index contributed by atoms with van der Waals surface area (Å²) in [5, 5.41) is 14.3. The van der Waals surface area contributed by atoms with Gasteiger partial charge in [-0.1, -0.05) is 11.2 Å². The van der Waals surface area contributed by atoms with Gasteiger partial charge < -0.3 is 0 Å². The lowest BCUT2D eigenvalue weighted by molar-refractivity contribution is -0.385. The number of carbonyl (C=O) groups excluding carboxylic acids is 1. The Hall–Kier alpha value is -2.33. The third-order valence-corrected chi connectivity index (χ3v) is 5.01. The van der Waals surface area contributed by atoms with Crippen LogP contribution >= 0.6 is 15.9 Å². The van der Waals surface area contributed by atoms with E-state index >= 15 is 0 Å². The molecule has 0 spiro atoms. The van der Waals surface area contributed by atoms with Crippen molar-refractivity contribution in [1.29, 1.82) is 0 Å². The van der Waals surface area contributed by atoms with Crippen LogP contribution in [-0.2, 0) is 19.2 Å². The largest absolute Gasteiger partial charge is 0.358 e. The molecule has 0 heterocycles. The molecule has 126 valence electrons. The summed E-state index contributed by atoms with van der Waals surface area (Å²) in [6, 6.07) is 4.42. The minimum atomic E-state index is -4.33. The number of Topliss-reactive ketones (excluding diaryl/α,β-unsaturated/α-hetero) is 1. The van der Waals surface area contributed by atoms with E-state index in [0.29, 0.717) is 11.1 Å². The molecule has 24 heavy (non-hydrogen) atoms. The van der Waals surface area contributed by atoms with Crippen molar-refractivity contribution in [3.05, 3.63) is 56.1 Å². The van der Waals surface area contributed by atoms with E-state index in [1.807, 2.05) is 0 Å². The summed E-state index contributed by atoms with van der Waals surface area (Å²) in [5.74, 6) is -0.229. The first kappa shape index (κ1) is 18.0. The van der Waals surface area contributed by atoms with Crippen molar-refractivity contribution in [1.82, 2.24) is 0 Å². The van der Waals surface area contributed by atoms with Crippen molar-refractivity contribution < 1.29 is 22.4 Å². The van der Waals surface area contributed by atoms with Crippen LogP contribution in [-0.4, -0.2) is 24.8 Å². The fourth-order valence-corrected chi connectivity index (χ4v) is 3.10. The fraction of sp³-hybridized carbons (Fsp3) is 0.143. The number of ketones is 1. The summed E-state index contributed by atoms with van der Waals surface area (Å²) >= 11 is 3.07. The van der Waals surface area contributed by atoms with Crippen molar-refractivity contribution in [3.63, 3.8) is 0 Å². The Kier molecular flexibility index (Phi) is 4.99. The number of nitro groups is 1. The minimum Gasteiger partial charge on any atom is -0.288 e. The molecule has 1 aromatic rings. The van der Waals surface area contributed by atoms with Crippen LogP contribution in [0.1, 0.15) is 13.8 Å². The molecule has 0 N–H and O–H groups in total. The second-order valence-corrected chi connectivity index (χ2v) is 7.21. The molecule has 1 aromatic carbocycles. The monoisotopic (exact) mass is 414 g/mol. The van der Waals surface area contributed by atoms with E-state index in [2.05, 4.69) is 25.4 Å². The van der Waals surface area contributed by atoms with E-state index in [9.17, 15) is 23.3 Å². The molecule has 0 fully saturated rings. The van der Waals surface area contributed by atoms with Crippen LogP contribution in [0.25, 0.3) is 0 Å². The SMILES string of the molecule is CC1=C(C)C(=NOS(=O)(=O)c2cccc([N+](=O)[O-])c2)C=C(Br)C1=O. The molecule has 0 radical (unpaired) electrons. The standard InChI is InChI=1S/C14H11BrN2O6S/c1-8-9(2)14(18)12(15)7-13(8)16-23-24(21,22)11-5-3-4-10(6-11)17(19)20/h3-7H,1-2H3. The maximum Gasteiger partial charge on any atom is 0.358 e. The average molecular weight is 415 g/mol. The molecule has 0 amide bonds. The van der Waals surface area contributed by atoms with Gasteiger partial charge in [0.25, 0.3) is 5.69 Å². The summed E-state index contributed by atoms with van der Waals surface area (Å²) in [6.07, 6.45) is 1.34. The van der Waals surface area contributed by atoms with Gasteiger partial charge in [-0.25, -0.2) is 0 Å². The highest BCUT2D eigenvalue weighted by Crippen LogP contribution is 2.24. The molecule has 0 unspecified atom stereocenters. The van der Waals surface area contributed by atoms with Crippen molar-refractivity contribution in [3.8, 4) is 0 Å². The molecule has 1 aliphatic carbocycles. The van der Waals surface area contributed by atoms with Crippen LogP contribution in [0, 0.1) is 10.1 Å². The van der Waals surface area contributed by atoms with Gasteiger partial charge >= 0.3 is 10.1 Å². The van der Waals surface area contributed by atoms with Gasteiger partial charge in [-0.2, -0.15) is 8.42 Å². The van der Waals surface area contributed by atoms with Crippen molar-refractivity contribution in [2.45, 2.75) is 18.7 Å². The lowest BCUT2D eigenvalue weighted by Crippen LogP contribution is -2.15. The summed E-state index contributed by atoms with van der Waals surface area (Å²) in [7, 11) is -4.33. The van der Waals surface area contributed by atoms with E-state index in [1.54, 1.807) is 13.8 Å². The first-order chi connectivity index (χ1) is 11.1. The summed E-state index contributed by atoms with van der Waals surface area (Å²) < 4.78 is 29.1. The topological polar surface area (TPSA) is 116 Å². The van der Waals surface area contributed by atoms with E-state index in [0.717, 1.165) is 18.2 Å². The maximum absolute atomic E-state index is 12.1. The Morgan fingerprint density at radius 1 is 1.25 bits per heavy atom. The van der Waals surface area contributed by atoms with Crippen LogP contribution < -0.4 is 0 Å². The second-order valence-electron chi connectivity index (χ2n) is 4.83. The predicted octanol–water partition coefficient (Wildman–Crippen LogP) is 2.85. The van der Waals surface area contributed by atoms with Crippen LogP contribution in [0.2, 0.25) is 0 Å². The molecule has 2 rings (SSSR count). The van der Waals surface area contributed by atoms with Crippen molar-refractivity contribution >= 4 is 43.2 Å². The number of rotatable bonds is 4. The van der Waals surface area contributed by atoms with Crippen molar-refractivity contribution in [2.75, 3.05) is 0 Å². The first-order valence-electron chi connectivity index (χ1n) is 6.49. The van der Waals surface area contributed by atoms with Gasteiger partial charge in [-0.05, 0) is 47.5 Å². The molecule has 8 nitrogen and oxygen atoms in total. The number of oxime groups is 1. The van der Waals surface area contributed by atoms with Crippen molar-refractivity contribution in [2.24, 2.45) is 5.16 Å². The minimum absolute atomic E-state index is 0.160. The highest BCUT2D eigenvalue weighted by Gasteiger charge is 2.23. The molecular weight excluding hydrogens is 404 g/mol. The zero-order valence-corrected chi connectivity index (χ0v) is 14.9. The Balaban J connectivity index is 2.35. The lowest BCUT2D eigenvalue weighted by atomic mass is 9.97. The number of nitro benzene ring substituents is 1. The van der Waals surface area contributed by atoms with Gasteiger partial charge in [0.05, 0.1) is 9.41 Å². The maximum atomic E-state index is 12.1. The molecule has 10 heteroatoms. The zero-order valence-electron chi connectivity index (χ0n) is 12.5. The summed E-state index contributed by atoms with van der Waals surface area (Å²) in [6.45, 7) is 3.18. The third kappa shape index (κ3) is 3.60. The highest BCUT2D eigenvalue weighted by molar-refractivity contribution is 9.12. The third-order valence-electron chi connectivity index (χ3n) is 3.32. The molecule has 0 aliphatic heterocycles. The van der Waals surface area contributed by atoms with E-state index in [4.69, 9.17) is 0 Å². The number of halogens is 1. The number of hydrogen-bond acceptors (Lipinski definition) is 7. The molecule has 0 saturated carbocycles. The van der Waals surface area contributed by atoms with Crippen LogP contribution in [0.15, 0.2) is 56.0 Å². The Labute approximate surface area is 145 Å². The Morgan fingerprint density at radius 2 is 1.92 bits per heavy atom. The van der Waals surface area contributed by atoms with Crippen LogP contribution in [0.4, 0.5) is 5.69 Å². The van der Waals surface area contributed by atoms with Crippen LogP contribution in [0.3, 0.4) is 0 Å². The normalized spacial score (nSPS) is 17.0. The number of nitrogens with zero attached hydrogens (tertiary/aromatic N) is 2. The van der Waals surface area contributed by atoms with Gasteiger partial charge in [-0.15, -0.1) is 0 Å². The fourth-order valence-electron chi connectivity index (χ4n) is 1.82. The number of benzene rings is 1. The molecule has 0 aromatic heterocycles.